The number of thiazole rings is 1. The fraction of sp³-hybridized carbons (Fsp3) is 0.200. The van der Waals surface area contributed by atoms with Gasteiger partial charge in [-0.25, -0.2) is 9.67 Å². The Balaban J connectivity index is 1.67. The summed E-state index contributed by atoms with van der Waals surface area (Å²) < 4.78 is 17.0. The molecule has 2 aromatic carbocycles. The van der Waals surface area contributed by atoms with E-state index in [1.54, 1.807) is 11.8 Å². The molecule has 0 bridgehead atoms. The van der Waals surface area contributed by atoms with Gasteiger partial charge in [-0.2, -0.15) is 0 Å². The van der Waals surface area contributed by atoms with Crippen LogP contribution in [0.4, 0.5) is 5.69 Å². The minimum absolute atomic E-state index is 0.154. The number of fused-ring (bicyclic) bond motifs is 1. The molecule has 3 heterocycles. The molecule has 33 heavy (non-hydrogen) atoms. The van der Waals surface area contributed by atoms with Crippen molar-refractivity contribution in [2.45, 2.75) is 13.5 Å². The van der Waals surface area contributed by atoms with E-state index in [4.69, 9.17) is 14.1 Å². The van der Waals surface area contributed by atoms with Gasteiger partial charge >= 0.3 is 0 Å². The van der Waals surface area contributed by atoms with Crippen LogP contribution in [0.15, 0.2) is 80.2 Å². The molecule has 0 N–H and O–H groups in total. The van der Waals surface area contributed by atoms with Gasteiger partial charge in [0, 0.05) is 31.5 Å². The van der Waals surface area contributed by atoms with E-state index in [-0.39, 0.29) is 5.56 Å². The Morgan fingerprint density at radius 3 is 2.61 bits per heavy atom. The first-order valence-corrected chi connectivity index (χ1v) is 11.5. The summed E-state index contributed by atoms with van der Waals surface area (Å²) in [7, 11) is 3.54. The average molecular weight is 461 g/mol. The number of methoxy groups -OCH3 is 1. The summed E-state index contributed by atoms with van der Waals surface area (Å²) in [6, 6.07) is 19.5. The largest absolute Gasteiger partial charge is 0.454 e. The van der Waals surface area contributed by atoms with Crippen LogP contribution in [0, 0.1) is 6.92 Å². The van der Waals surface area contributed by atoms with Gasteiger partial charge in [0.05, 0.1) is 23.7 Å². The van der Waals surface area contributed by atoms with Crippen LogP contribution in [0.25, 0.3) is 28.1 Å². The topological polar surface area (TPSA) is 66.6 Å². The Kier molecular flexibility index (Phi) is 5.62. The van der Waals surface area contributed by atoms with E-state index in [9.17, 15) is 4.79 Å². The van der Waals surface area contributed by atoms with Crippen LogP contribution >= 0.6 is 11.3 Å². The highest BCUT2D eigenvalue weighted by Gasteiger charge is 2.17. The molecule has 0 saturated heterocycles. The molecule has 0 radical (unpaired) electrons. The van der Waals surface area contributed by atoms with Crippen molar-refractivity contribution in [3.8, 4) is 17.1 Å². The lowest BCUT2D eigenvalue weighted by molar-refractivity contribution is 0.187. The van der Waals surface area contributed by atoms with Gasteiger partial charge in [0.2, 0.25) is 0 Å². The highest BCUT2D eigenvalue weighted by molar-refractivity contribution is 7.07. The van der Waals surface area contributed by atoms with Crippen molar-refractivity contribution >= 4 is 28.0 Å². The number of hydrogen-bond acceptors (Lipinski definition) is 5. The SMILES string of the molecule is COCCn1c(-c2cc3ccccc3o2)csc1=Nc1c(C)n(C)n(-c2ccccc2)c1=O. The molecule has 0 aliphatic carbocycles. The molecular weight excluding hydrogens is 436 g/mol. The van der Waals surface area contributed by atoms with E-state index >= 15 is 0 Å². The van der Waals surface area contributed by atoms with Gasteiger partial charge in [0.15, 0.2) is 16.2 Å². The van der Waals surface area contributed by atoms with Crippen molar-refractivity contribution < 1.29 is 9.15 Å². The Labute approximate surface area is 194 Å². The zero-order chi connectivity index (χ0) is 22.9. The second-order valence-corrected chi connectivity index (χ2v) is 8.55. The summed E-state index contributed by atoms with van der Waals surface area (Å²) >= 11 is 1.48. The van der Waals surface area contributed by atoms with Gasteiger partial charge in [-0.1, -0.05) is 36.4 Å². The van der Waals surface area contributed by atoms with Crippen molar-refractivity contribution in [2.24, 2.45) is 12.0 Å². The van der Waals surface area contributed by atoms with Crippen LogP contribution in [-0.4, -0.2) is 27.6 Å². The molecule has 0 spiro atoms. The van der Waals surface area contributed by atoms with E-state index in [1.807, 2.05) is 89.3 Å². The molecule has 0 aliphatic heterocycles. The Morgan fingerprint density at radius 1 is 1.09 bits per heavy atom. The number of benzene rings is 2. The molecule has 5 rings (SSSR count). The molecular formula is C25H24N4O3S. The first kappa shape index (κ1) is 21.2. The van der Waals surface area contributed by atoms with Crippen LogP contribution < -0.4 is 10.4 Å². The second-order valence-electron chi connectivity index (χ2n) is 7.72. The van der Waals surface area contributed by atoms with Crippen LogP contribution in [0.3, 0.4) is 0 Å². The number of ether oxygens (including phenoxy) is 1. The molecule has 0 atom stereocenters. The molecule has 3 aromatic heterocycles. The first-order valence-electron chi connectivity index (χ1n) is 10.6. The number of rotatable bonds is 6. The summed E-state index contributed by atoms with van der Waals surface area (Å²) in [6.45, 7) is 3.01. The Hall–Kier alpha value is -3.62. The van der Waals surface area contributed by atoms with Gasteiger partial charge in [0.25, 0.3) is 5.56 Å². The molecule has 0 amide bonds. The third kappa shape index (κ3) is 3.77. The second kappa shape index (κ2) is 8.73. The summed E-state index contributed by atoms with van der Waals surface area (Å²) in [5.41, 5.74) is 3.60. The summed E-state index contributed by atoms with van der Waals surface area (Å²) in [5, 5.41) is 3.06. The zero-order valence-electron chi connectivity index (χ0n) is 18.7. The van der Waals surface area contributed by atoms with Gasteiger partial charge < -0.3 is 13.7 Å². The maximum atomic E-state index is 13.3. The number of hydrogen-bond donors (Lipinski definition) is 0. The molecule has 5 aromatic rings. The molecule has 0 unspecified atom stereocenters. The fourth-order valence-corrected chi connectivity index (χ4v) is 4.82. The maximum absolute atomic E-state index is 13.3. The first-order chi connectivity index (χ1) is 16.1. The maximum Gasteiger partial charge on any atom is 0.297 e. The van der Waals surface area contributed by atoms with Gasteiger partial charge in [0.1, 0.15) is 5.58 Å². The molecule has 0 saturated carbocycles. The lowest BCUT2D eigenvalue weighted by Gasteiger charge is -2.07. The number of nitrogens with zero attached hydrogens (tertiary/aromatic N) is 4. The van der Waals surface area contributed by atoms with Gasteiger partial charge in [-0.15, -0.1) is 11.3 Å². The average Bonchev–Trinajstić information content (AvgIpc) is 3.49. The normalized spacial score (nSPS) is 12.2. The summed E-state index contributed by atoms with van der Waals surface area (Å²) in [5.74, 6) is 0.761. The highest BCUT2D eigenvalue weighted by atomic mass is 32.1. The van der Waals surface area contributed by atoms with Crippen LogP contribution in [0.2, 0.25) is 0 Å². The quantitative estimate of drug-likeness (QED) is 0.371. The van der Waals surface area contributed by atoms with Crippen LogP contribution in [0.1, 0.15) is 5.69 Å². The smallest absolute Gasteiger partial charge is 0.297 e. The van der Waals surface area contributed by atoms with Crippen LogP contribution in [0.5, 0.6) is 0 Å². The Morgan fingerprint density at radius 2 is 1.85 bits per heavy atom. The molecule has 8 heteroatoms. The number of para-hydroxylation sites is 2. The van der Waals surface area contributed by atoms with E-state index in [2.05, 4.69) is 0 Å². The van der Waals surface area contributed by atoms with Gasteiger partial charge in [-0.3, -0.25) is 9.48 Å². The fourth-order valence-electron chi connectivity index (χ4n) is 3.90. The molecule has 0 aliphatic rings. The minimum atomic E-state index is -0.154. The molecule has 168 valence electrons. The number of furan rings is 1. The van der Waals surface area contributed by atoms with Crippen molar-refractivity contribution in [1.29, 1.82) is 0 Å². The van der Waals surface area contributed by atoms with Gasteiger partial charge in [-0.05, 0) is 31.2 Å². The third-order valence-corrected chi connectivity index (χ3v) is 6.59. The summed E-state index contributed by atoms with van der Waals surface area (Å²) in [4.78, 5) is 18.9. The standard InChI is InChI=1S/C25H24N4O3S/c1-17-23(24(30)29(27(17)2)19-10-5-4-6-11-19)26-25-28(13-14-31-3)20(16-33-25)22-15-18-9-7-8-12-21(18)32-22/h4-12,15-16H,13-14H2,1-3H3. The predicted octanol–water partition coefficient (Wildman–Crippen LogP) is 4.64. The zero-order valence-corrected chi connectivity index (χ0v) is 19.5. The van der Waals surface area contributed by atoms with E-state index in [1.165, 1.54) is 11.3 Å². The monoisotopic (exact) mass is 460 g/mol. The van der Waals surface area contributed by atoms with Crippen molar-refractivity contribution in [3.05, 3.63) is 86.9 Å². The van der Waals surface area contributed by atoms with E-state index in [0.717, 1.165) is 33.8 Å². The van der Waals surface area contributed by atoms with Crippen molar-refractivity contribution in [3.63, 3.8) is 0 Å². The molecule has 7 nitrogen and oxygen atoms in total. The molecule has 0 fully saturated rings. The summed E-state index contributed by atoms with van der Waals surface area (Å²) in [6.07, 6.45) is 0. The third-order valence-electron chi connectivity index (χ3n) is 5.73. The van der Waals surface area contributed by atoms with Crippen molar-refractivity contribution in [2.75, 3.05) is 13.7 Å². The van der Waals surface area contributed by atoms with Crippen molar-refractivity contribution in [1.82, 2.24) is 13.9 Å². The highest BCUT2D eigenvalue weighted by Crippen LogP contribution is 2.28. The lowest BCUT2D eigenvalue weighted by atomic mass is 10.2. The predicted molar refractivity (Wildman–Crippen MR) is 130 cm³/mol. The number of aromatic nitrogens is 3. The lowest BCUT2D eigenvalue weighted by Crippen LogP contribution is -2.21. The van der Waals surface area contributed by atoms with Crippen LogP contribution in [-0.2, 0) is 18.3 Å². The Bertz CT molecular complexity index is 1520. The van der Waals surface area contributed by atoms with E-state index in [0.29, 0.717) is 23.6 Å². The van der Waals surface area contributed by atoms with E-state index < -0.39 is 0 Å². The minimum Gasteiger partial charge on any atom is -0.454 e.